The molecule has 0 aromatic heterocycles. The number of carboxylic acids is 1. The van der Waals surface area contributed by atoms with Crippen LogP contribution < -0.4 is 0 Å². The van der Waals surface area contributed by atoms with E-state index in [4.69, 9.17) is 5.11 Å². The lowest BCUT2D eigenvalue weighted by Crippen LogP contribution is -2.34. The van der Waals surface area contributed by atoms with E-state index in [1.807, 2.05) is 44.2 Å². The van der Waals surface area contributed by atoms with E-state index in [-0.39, 0.29) is 4.75 Å². The third-order valence-electron chi connectivity index (χ3n) is 2.74. The van der Waals surface area contributed by atoms with Gasteiger partial charge in [0.1, 0.15) is 0 Å². The minimum atomic E-state index is -0.842. The number of benzene rings is 1. The average Bonchev–Trinajstić information content (AvgIpc) is 2.55. The van der Waals surface area contributed by atoms with Crippen LogP contribution in [0.5, 0.6) is 0 Å². The van der Waals surface area contributed by atoms with Gasteiger partial charge in [-0.05, 0) is 19.4 Å². The molecule has 1 aromatic rings. The standard InChI is InChI=1S/C13H15NO2S/c1-13(2)11(12(15)16)14-10(17-13)8-9-6-4-3-5-7-9/h3-7,11H,8H2,1-2H3,(H,15,16). The molecule has 0 saturated heterocycles. The number of thioether (sulfide) groups is 1. The minimum absolute atomic E-state index is 0.351. The molecule has 2 rings (SSSR count). The van der Waals surface area contributed by atoms with Gasteiger partial charge in [-0.2, -0.15) is 0 Å². The number of aliphatic imine (C=N–C) groups is 1. The van der Waals surface area contributed by atoms with Crippen molar-refractivity contribution in [3.63, 3.8) is 0 Å². The summed E-state index contributed by atoms with van der Waals surface area (Å²) >= 11 is 1.57. The molecule has 1 heterocycles. The van der Waals surface area contributed by atoms with Crippen LogP contribution >= 0.6 is 11.8 Å². The molecule has 4 heteroatoms. The van der Waals surface area contributed by atoms with Gasteiger partial charge in [-0.1, -0.05) is 30.3 Å². The molecule has 3 nitrogen and oxygen atoms in total. The minimum Gasteiger partial charge on any atom is -0.480 e. The number of rotatable bonds is 3. The van der Waals surface area contributed by atoms with Crippen LogP contribution in [-0.4, -0.2) is 26.9 Å². The first-order valence-corrected chi connectivity index (χ1v) is 6.33. The van der Waals surface area contributed by atoms with Crippen molar-refractivity contribution < 1.29 is 9.90 Å². The fraction of sp³-hybridized carbons (Fsp3) is 0.385. The van der Waals surface area contributed by atoms with Crippen molar-refractivity contribution >= 4 is 22.8 Å². The summed E-state index contributed by atoms with van der Waals surface area (Å²) in [5.41, 5.74) is 1.17. The fourth-order valence-electron chi connectivity index (χ4n) is 1.89. The van der Waals surface area contributed by atoms with Gasteiger partial charge in [0.15, 0.2) is 6.04 Å². The van der Waals surface area contributed by atoms with Gasteiger partial charge >= 0.3 is 5.97 Å². The van der Waals surface area contributed by atoms with Crippen molar-refractivity contribution in [2.75, 3.05) is 0 Å². The molecule has 17 heavy (non-hydrogen) atoms. The second-order valence-corrected chi connectivity index (χ2v) is 6.36. The Balaban J connectivity index is 2.14. The Morgan fingerprint density at radius 2 is 2.06 bits per heavy atom. The highest BCUT2D eigenvalue weighted by molar-refractivity contribution is 8.15. The molecule has 90 valence electrons. The molecule has 1 aliphatic rings. The highest BCUT2D eigenvalue weighted by Gasteiger charge is 2.41. The Bertz CT molecular complexity index is 454. The molecule has 0 fully saturated rings. The van der Waals surface area contributed by atoms with Gasteiger partial charge in [0.05, 0.1) is 5.04 Å². The summed E-state index contributed by atoms with van der Waals surface area (Å²) in [5.74, 6) is -0.842. The maximum absolute atomic E-state index is 11.1. The molecule has 0 radical (unpaired) electrons. The topological polar surface area (TPSA) is 49.7 Å². The highest BCUT2D eigenvalue weighted by Crippen LogP contribution is 2.38. The smallest absolute Gasteiger partial charge is 0.329 e. The Morgan fingerprint density at radius 1 is 1.41 bits per heavy atom. The van der Waals surface area contributed by atoms with E-state index in [2.05, 4.69) is 4.99 Å². The third kappa shape index (κ3) is 2.69. The van der Waals surface area contributed by atoms with Gasteiger partial charge in [-0.3, -0.25) is 4.99 Å². The normalized spacial score (nSPS) is 22.2. The Kier molecular flexibility index (Phi) is 3.24. The van der Waals surface area contributed by atoms with Crippen LogP contribution in [-0.2, 0) is 11.2 Å². The summed E-state index contributed by atoms with van der Waals surface area (Å²) in [7, 11) is 0. The first-order chi connectivity index (χ1) is 7.99. The van der Waals surface area contributed by atoms with Crippen molar-refractivity contribution in [3.8, 4) is 0 Å². The molecular formula is C13H15NO2S. The highest BCUT2D eigenvalue weighted by atomic mass is 32.2. The van der Waals surface area contributed by atoms with Gasteiger partial charge in [-0.15, -0.1) is 11.8 Å². The van der Waals surface area contributed by atoms with E-state index in [9.17, 15) is 4.79 Å². The van der Waals surface area contributed by atoms with Gasteiger partial charge in [-0.25, -0.2) is 4.79 Å². The average molecular weight is 249 g/mol. The van der Waals surface area contributed by atoms with Crippen LogP contribution in [0.2, 0.25) is 0 Å². The van der Waals surface area contributed by atoms with Gasteiger partial charge in [0.25, 0.3) is 0 Å². The van der Waals surface area contributed by atoms with Crippen molar-refractivity contribution in [2.45, 2.75) is 31.1 Å². The second kappa shape index (κ2) is 4.53. The zero-order valence-electron chi connectivity index (χ0n) is 9.88. The number of carboxylic acid groups (broad SMARTS) is 1. The zero-order chi connectivity index (χ0) is 12.5. The van der Waals surface area contributed by atoms with Crippen LogP contribution in [0.3, 0.4) is 0 Å². The zero-order valence-corrected chi connectivity index (χ0v) is 10.7. The predicted octanol–water partition coefficient (Wildman–Crippen LogP) is 2.61. The predicted molar refractivity (Wildman–Crippen MR) is 70.7 cm³/mol. The van der Waals surface area contributed by atoms with Crippen molar-refractivity contribution in [2.24, 2.45) is 4.99 Å². The monoisotopic (exact) mass is 249 g/mol. The quantitative estimate of drug-likeness (QED) is 0.895. The lowest BCUT2D eigenvalue weighted by atomic mass is 10.0. The van der Waals surface area contributed by atoms with E-state index in [1.165, 1.54) is 5.56 Å². The Labute approximate surface area is 105 Å². The van der Waals surface area contributed by atoms with E-state index in [1.54, 1.807) is 11.8 Å². The first kappa shape index (κ1) is 12.2. The van der Waals surface area contributed by atoms with Crippen LogP contribution in [0.15, 0.2) is 35.3 Å². The maximum Gasteiger partial charge on any atom is 0.329 e. The molecule has 1 aliphatic heterocycles. The molecule has 1 N–H and O–H groups in total. The summed E-state index contributed by atoms with van der Waals surface area (Å²) < 4.78 is -0.351. The van der Waals surface area contributed by atoms with Gasteiger partial charge in [0, 0.05) is 11.2 Å². The number of hydrogen-bond donors (Lipinski definition) is 1. The number of carbonyl (C=O) groups is 1. The van der Waals surface area contributed by atoms with Crippen molar-refractivity contribution in [3.05, 3.63) is 35.9 Å². The number of hydrogen-bond acceptors (Lipinski definition) is 3. The van der Waals surface area contributed by atoms with Crippen molar-refractivity contribution in [1.82, 2.24) is 0 Å². The molecule has 0 aliphatic carbocycles. The summed E-state index contributed by atoms with van der Waals surface area (Å²) in [5, 5.41) is 10.0. The molecule has 1 unspecified atom stereocenters. The summed E-state index contributed by atoms with van der Waals surface area (Å²) in [4.78, 5) is 15.4. The third-order valence-corrected chi connectivity index (χ3v) is 3.98. The van der Waals surface area contributed by atoms with Gasteiger partial charge in [0.2, 0.25) is 0 Å². The van der Waals surface area contributed by atoms with Crippen LogP contribution in [0.25, 0.3) is 0 Å². The molecular weight excluding hydrogens is 234 g/mol. The Hall–Kier alpha value is -1.29. The molecule has 0 spiro atoms. The maximum atomic E-state index is 11.1. The summed E-state index contributed by atoms with van der Waals surface area (Å²) in [6.07, 6.45) is 0.721. The first-order valence-electron chi connectivity index (χ1n) is 5.51. The lowest BCUT2D eigenvalue weighted by molar-refractivity contribution is -0.138. The largest absolute Gasteiger partial charge is 0.480 e. The van der Waals surface area contributed by atoms with Crippen LogP contribution in [0, 0.1) is 0 Å². The van der Waals surface area contributed by atoms with E-state index in [0.29, 0.717) is 0 Å². The van der Waals surface area contributed by atoms with Crippen LogP contribution in [0.4, 0.5) is 0 Å². The number of aliphatic carboxylic acids is 1. The lowest BCUT2D eigenvalue weighted by Gasteiger charge is -2.20. The molecule has 1 atom stereocenters. The fourth-order valence-corrected chi connectivity index (χ4v) is 3.16. The molecule has 0 bridgehead atoms. The van der Waals surface area contributed by atoms with Gasteiger partial charge < -0.3 is 5.11 Å². The van der Waals surface area contributed by atoms with E-state index >= 15 is 0 Å². The number of nitrogens with zero attached hydrogens (tertiary/aromatic N) is 1. The van der Waals surface area contributed by atoms with Crippen LogP contribution in [0.1, 0.15) is 19.4 Å². The van der Waals surface area contributed by atoms with E-state index < -0.39 is 12.0 Å². The van der Waals surface area contributed by atoms with Crippen molar-refractivity contribution in [1.29, 1.82) is 0 Å². The second-order valence-electron chi connectivity index (χ2n) is 4.63. The molecule has 0 amide bonds. The Morgan fingerprint density at radius 3 is 2.59 bits per heavy atom. The molecule has 1 aromatic carbocycles. The summed E-state index contributed by atoms with van der Waals surface area (Å²) in [6, 6.07) is 9.36. The van der Waals surface area contributed by atoms with E-state index in [0.717, 1.165) is 11.5 Å². The summed E-state index contributed by atoms with van der Waals surface area (Å²) in [6.45, 7) is 3.86. The SMILES string of the molecule is CC1(C)SC(Cc2ccccc2)=NC1C(=O)O. The molecule has 0 saturated carbocycles.